The number of benzene rings is 2. The number of thioether (sulfide) groups is 1. The molecule has 0 spiro atoms. The van der Waals surface area contributed by atoms with Crippen molar-refractivity contribution in [3.05, 3.63) is 65.9 Å². The molecule has 4 aromatic rings. The van der Waals surface area contributed by atoms with Crippen LogP contribution >= 0.6 is 11.8 Å². The van der Waals surface area contributed by atoms with Gasteiger partial charge in [-0.05, 0) is 11.6 Å². The van der Waals surface area contributed by atoms with Gasteiger partial charge in [-0.15, -0.1) is 5.10 Å². The fourth-order valence-corrected chi connectivity index (χ4v) is 3.89. The minimum Gasteiger partial charge on any atom is -0.496 e. The van der Waals surface area contributed by atoms with Gasteiger partial charge in [0.15, 0.2) is 0 Å². The van der Waals surface area contributed by atoms with Gasteiger partial charge in [-0.2, -0.15) is 9.50 Å². The zero-order valence-corrected chi connectivity index (χ0v) is 17.0. The largest absolute Gasteiger partial charge is 0.496 e. The van der Waals surface area contributed by atoms with E-state index in [2.05, 4.69) is 27.2 Å². The molecule has 0 bridgehead atoms. The van der Waals surface area contributed by atoms with Crippen LogP contribution in [0.1, 0.15) is 11.3 Å². The maximum atomic E-state index is 6.53. The molecule has 7 nitrogen and oxygen atoms in total. The van der Waals surface area contributed by atoms with Gasteiger partial charge < -0.3 is 15.2 Å². The molecule has 0 radical (unpaired) electrons. The van der Waals surface area contributed by atoms with Gasteiger partial charge in [0.25, 0.3) is 5.78 Å². The van der Waals surface area contributed by atoms with Gasteiger partial charge in [0.05, 0.1) is 25.0 Å². The van der Waals surface area contributed by atoms with Crippen LogP contribution in [0.2, 0.25) is 0 Å². The molecule has 0 unspecified atom stereocenters. The maximum Gasteiger partial charge on any atom is 0.255 e. The standard InChI is InChI=1S/C21H21N5O2S/c1-27-12-16-18(15-10-6-7-11-17(15)28-2)19(22)26-20(23-16)24-21(25-26)29-13-14-8-4-3-5-9-14/h3-11H,12-13,22H2,1-2H3. The maximum absolute atomic E-state index is 6.53. The van der Waals surface area contributed by atoms with Crippen LogP contribution in [0.25, 0.3) is 16.9 Å². The summed E-state index contributed by atoms with van der Waals surface area (Å²) in [6.07, 6.45) is 0. The highest BCUT2D eigenvalue weighted by molar-refractivity contribution is 7.98. The lowest BCUT2D eigenvalue weighted by Crippen LogP contribution is -2.09. The van der Waals surface area contributed by atoms with E-state index in [4.69, 9.17) is 15.2 Å². The van der Waals surface area contributed by atoms with Gasteiger partial charge in [0.2, 0.25) is 5.16 Å². The van der Waals surface area contributed by atoms with E-state index in [-0.39, 0.29) is 0 Å². The van der Waals surface area contributed by atoms with Crippen LogP contribution < -0.4 is 10.5 Å². The van der Waals surface area contributed by atoms with E-state index in [1.165, 1.54) is 5.56 Å². The molecule has 2 N–H and O–H groups in total. The van der Waals surface area contributed by atoms with Gasteiger partial charge in [0, 0.05) is 18.4 Å². The molecule has 0 amide bonds. The Kier molecular flexibility index (Phi) is 5.64. The lowest BCUT2D eigenvalue weighted by molar-refractivity contribution is 0.182. The monoisotopic (exact) mass is 407 g/mol. The second-order valence-corrected chi connectivity index (χ2v) is 7.27. The van der Waals surface area contributed by atoms with Gasteiger partial charge in [-0.3, -0.25) is 0 Å². The third-order valence-electron chi connectivity index (χ3n) is 4.45. The van der Waals surface area contributed by atoms with Gasteiger partial charge in [0.1, 0.15) is 11.6 Å². The van der Waals surface area contributed by atoms with Gasteiger partial charge >= 0.3 is 0 Å². The van der Waals surface area contributed by atoms with E-state index in [1.807, 2.05) is 42.5 Å². The summed E-state index contributed by atoms with van der Waals surface area (Å²) in [5, 5.41) is 5.19. The molecule has 0 saturated heterocycles. The van der Waals surface area contributed by atoms with Crippen molar-refractivity contribution < 1.29 is 9.47 Å². The van der Waals surface area contributed by atoms with Crippen molar-refractivity contribution in [3.8, 4) is 16.9 Å². The Morgan fingerprint density at radius 2 is 1.76 bits per heavy atom. The fraction of sp³-hybridized carbons (Fsp3) is 0.190. The molecule has 29 heavy (non-hydrogen) atoms. The quantitative estimate of drug-likeness (QED) is 0.466. The first-order valence-corrected chi connectivity index (χ1v) is 10.0. The Morgan fingerprint density at radius 3 is 2.52 bits per heavy atom. The zero-order chi connectivity index (χ0) is 20.2. The van der Waals surface area contributed by atoms with Crippen LogP contribution in [0.5, 0.6) is 5.75 Å². The molecule has 4 rings (SSSR count). The summed E-state index contributed by atoms with van der Waals surface area (Å²) in [5.41, 5.74) is 9.99. The molecule has 0 aliphatic heterocycles. The Balaban J connectivity index is 1.77. The first-order chi connectivity index (χ1) is 14.2. The van der Waals surface area contributed by atoms with Crippen molar-refractivity contribution in [2.45, 2.75) is 17.5 Å². The van der Waals surface area contributed by atoms with Crippen molar-refractivity contribution in [1.29, 1.82) is 0 Å². The molecule has 8 heteroatoms. The number of nitrogen functional groups attached to an aromatic ring is 1. The summed E-state index contributed by atoms with van der Waals surface area (Å²) in [4.78, 5) is 9.21. The van der Waals surface area contributed by atoms with Crippen molar-refractivity contribution >= 4 is 23.4 Å². The minimum atomic E-state index is 0.299. The molecule has 2 aromatic carbocycles. The molecule has 0 saturated carbocycles. The second kappa shape index (κ2) is 8.50. The molecular weight excluding hydrogens is 386 g/mol. The number of para-hydroxylation sites is 1. The third-order valence-corrected chi connectivity index (χ3v) is 5.36. The lowest BCUT2D eigenvalue weighted by Gasteiger charge is -2.14. The van der Waals surface area contributed by atoms with Crippen LogP contribution in [-0.4, -0.2) is 33.8 Å². The number of fused-ring (bicyclic) bond motifs is 1. The fourth-order valence-electron chi connectivity index (χ4n) is 3.12. The van der Waals surface area contributed by atoms with E-state index in [1.54, 1.807) is 30.5 Å². The number of methoxy groups -OCH3 is 2. The zero-order valence-electron chi connectivity index (χ0n) is 16.2. The predicted octanol–water partition coefficient (Wildman–Crippen LogP) is 3.82. The lowest BCUT2D eigenvalue weighted by atomic mass is 10.0. The van der Waals surface area contributed by atoms with Gasteiger partial charge in [-0.1, -0.05) is 60.3 Å². The summed E-state index contributed by atoms with van der Waals surface area (Å²) in [6.45, 7) is 0.299. The van der Waals surface area contributed by atoms with Crippen LogP contribution in [-0.2, 0) is 17.1 Å². The van der Waals surface area contributed by atoms with Crippen LogP contribution in [0.15, 0.2) is 59.8 Å². The average Bonchev–Trinajstić information content (AvgIpc) is 3.17. The van der Waals surface area contributed by atoms with E-state index < -0.39 is 0 Å². The highest BCUT2D eigenvalue weighted by Crippen LogP contribution is 2.36. The highest BCUT2D eigenvalue weighted by atomic mass is 32.2. The normalized spacial score (nSPS) is 11.1. The third kappa shape index (κ3) is 3.90. The number of rotatable bonds is 7. The van der Waals surface area contributed by atoms with Crippen LogP contribution in [0, 0.1) is 0 Å². The van der Waals surface area contributed by atoms with E-state index in [0.717, 1.165) is 16.9 Å². The number of hydrogen-bond acceptors (Lipinski definition) is 7. The summed E-state index contributed by atoms with van der Waals surface area (Å²) in [6, 6.07) is 17.9. The molecule has 2 heterocycles. The van der Waals surface area contributed by atoms with E-state index >= 15 is 0 Å². The SMILES string of the molecule is COCc1nc2nc(SCc3ccccc3)nn2c(N)c1-c1ccccc1OC. The molecule has 0 aliphatic rings. The Morgan fingerprint density at radius 1 is 1.00 bits per heavy atom. The minimum absolute atomic E-state index is 0.299. The number of ether oxygens (including phenoxy) is 2. The Hall–Kier alpha value is -3.10. The number of nitrogens with two attached hydrogens (primary N) is 1. The topological polar surface area (TPSA) is 87.6 Å². The Labute approximate surface area is 172 Å². The molecule has 0 fully saturated rings. The molecule has 2 aromatic heterocycles. The summed E-state index contributed by atoms with van der Waals surface area (Å²) in [5.74, 6) is 2.37. The molecular formula is C21H21N5O2S. The molecule has 0 aliphatic carbocycles. The first-order valence-electron chi connectivity index (χ1n) is 9.05. The Bertz CT molecular complexity index is 1130. The van der Waals surface area contributed by atoms with E-state index in [0.29, 0.717) is 34.8 Å². The molecule has 0 atom stereocenters. The van der Waals surface area contributed by atoms with Crippen molar-refractivity contribution in [1.82, 2.24) is 19.6 Å². The summed E-state index contributed by atoms with van der Waals surface area (Å²) in [7, 11) is 3.25. The number of hydrogen-bond donors (Lipinski definition) is 1. The predicted molar refractivity (Wildman–Crippen MR) is 114 cm³/mol. The number of aromatic nitrogens is 4. The number of anilines is 1. The van der Waals surface area contributed by atoms with Crippen molar-refractivity contribution in [3.63, 3.8) is 0 Å². The smallest absolute Gasteiger partial charge is 0.255 e. The van der Waals surface area contributed by atoms with Crippen LogP contribution in [0.4, 0.5) is 5.82 Å². The van der Waals surface area contributed by atoms with Gasteiger partial charge in [-0.25, -0.2) is 4.98 Å². The second-order valence-electron chi connectivity index (χ2n) is 6.33. The molecule has 148 valence electrons. The number of nitrogens with zero attached hydrogens (tertiary/aromatic N) is 4. The van der Waals surface area contributed by atoms with Crippen LogP contribution in [0.3, 0.4) is 0 Å². The average molecular weight is 407 g/mol. The summed E-state index contributed by atoms with van der Waals surface area (Å²) < 4.78 is 12.5. The van der Waals surface area contributed by atoms with Crippen molar-refractivity contribution in [2.75, 3.05) is 20.0 Å². The first kappa shape index (κ1) is 19.2. The highest BCUT2D eigenvalue weighted by Gasteiger charge is 2.20. The summed E-state index contributed by atoms with van der Waals surface area (Å²) >= 11 is 1.54. The van der Waals surface area contributed by atoms with E-state index in [9.17, 15) is 0 Å². The van der Waals surface area contributed by atoms with Crippen molar-refractivity contribution in [2.24, 2.45) is 0 Å².